The molecule has 0 atom stereocenters. The van der Waals surface area contributed by atoms with E-state index in [2.05, 4.69) is 10.3 Å². The molecule has 1 N–H and O–H groups in total. The molecule has 3 aromatic rings. The van der Waals surface area contributed by atoms with Crippen molar-refractivity contribution in [3.8, 4) is 0 Å². The van der Waals surface area contributed by atoms with Crippen LogP contribution in [0.25, 0.3) is 10.9 Å². The van der Waals surface area contributed by atoms with Crippen molar-refractivity contribution in [3.05, 3.63) is 65.9 Å². The number of nitrogens with zero attached hydrogens (tertiary/aromatic N) is 2. The van der Waals surface area contributed by atoms with Gasteiger partial charge < -0.3 is 5.32 Å². The second-order valence-corrected chi connectivity index (χ2v) is 9.21. The topological polar surface area (TPSA) is 79.4 Å². The summed E-state index contributed by atoms with van der Waals surface area (Å²) in [5.41, 5.74) is 2.95. The van der Waals surface area contributed by atoms with Crippen molar-refractivity contribution in [3.63, 3.8) is 0 Å². The molecule has 1 fully saturated rings. The third-order valence-corrected chi connectivity index (χ3v) is 7.20. The van der Waals surface area contributed by atoms with Crippen molar-refractivity contribution in [1.82, 2.24) is 9.29 Å². The number of fused-ring (bicyclic) bond motifs is 1. The average Bonchev–Trinajstić information content (AvgIpc) is 2.75. The van der Waals surface area contributed by atoms with Gasteiger partial charge in [-0.15, -0.1) is 0 Å². The highest BCUT2D eigenvalue weighted by atomic mass is 32.2. The van der Waals surface area contributed by atoms with Gasteiger partial charge in [-0.3, -0.25) is 9.78 Å². The smallest absolute Gasteiger partial charge is 0.255 e. The molecule has 2 heterocycles. The summed E-state index contributed by atoms with van der Waals surface area (Å²) in [4.78, 5) is 17.3. The Hall–Kier alpha value is -2.77. The van der Waals surface area contributed by atoms with Crippen LogP contribution >= 0.6 is 0 Å². The number of benzene rings is 2. The highest BCUT2D eigenvalue weighted by molar-refractivity contribution is 7.89. The number of carbonyl (C=O) groups is 1. The van der Waals surface area contributed by atoms with Gasteiger partial charge in [0.1, 0.15) is 0 Å². The van der Waals surface area contributed by atoms with E-state index in [1.165, 1.54) is 16.4 Å². The molecule has 0 bridgehead atoms. The van der Waals surface area contributed by atoms with Gasteiger partial charge in [-0.2, -0.15) is 4.31 Å². The molecule has 150 valence electrons. The molecule has 0 radical (unpaired) electrons. The van der Waals surface area contributed by atoms with Crippen LogP contribution in [0.2, 0.25) is 0 Å². The van der Waals surface area contributed by atoms with Crippen LogP contribution in [-0.4, -0.2) is 36.7 Å². The van der Waals surface area contributed by atoms with E-state index in [1.807, 2.05) is 25.1 Å². The molecule has 0 unspecified atom stereocenters. The minimum Gasteiger partial charge on any atom is -0.321 e. The Balaban J connectivity index is 1.55. The normalized spacial score (nSPS) is 15.3. The molecular weight excluding hydrogens is 386 g/mol. The van der Waals surface area contributed by atoms with Gasteiger partial charge in [-0.05, 0) is 55.7 Å². The molecule has 7 heteroatoms. The van der Waals surface area contributed by atoms with E-state index < -0.39 is 10.0 Å². The molecule has 6 nitrogen and oxygen atoms in total. The fraction of sp³-hybridized carbons (Fsp3) is 0.273. The van der Waals surface area contributed by atoms with E-state index in [9.17, 15) is 13.2 Å². The van der Waals surface area contributed by atoms with Crippen LogP contribution in [0.3, 0.4) is 0 Å². The molecule has 2 aromatic carbocycles. The molecule has 1 aliphatic heterocycles. The minimum absolute atomic E-state index is 0.223. The predicted molar refractivity (Wildman–Crippen MR) is 113 cm³/mol. The largest absolute Gasteiger partial charge is 0.321 e. The Bertz CT molecular complexity index is 1150. The number of pyridine rings is 1. The van der Waals surface area contributed by atoms with E-state index in [-0.39, 0.29) is 10.8 Å². The van der Waals surface area contributed by atoms with Gasteiger partial charge in [0.15, 0.2) is 0 Å². The molecule has 0 saturated carbocycles. The lowest BCUT2D eigenvalue weighted by Gasteiger charge is -2.25. The van der Waals surface area contributed by atoms with Gasteiger partial charge >= 0.3 is 0 Å². The zero-order valence-electron chi connectivity index (χ0n) is 16.3. The zero-order valence-corrected chi connectivity index (χ0v) is 17.1. The van der Waals surface area contributed by atoms with Crippen molar-refractivity contribution in [2.45, 2.75) is 31.1 Å². The van der Waals surface area contributed by atoms with E-state index in [0.29, 0.717) is 24.3 Å². The average molecular weight is 410 g/mol. The second-order valence-electron chi connectivity index (χ2n) is 7.27. The first-order valence-corrected chi connectivity index (χ1v) is 11.2. The first kappa shape index (κ1) is 19.5. The summed E-state index contributed by atoms with van der Waals surface area (Å²) in [6.45, 7) is 3.08. The SMILES string of the molecule is Cc1cccc2c(NC(=O)c3ccc(S(=O)(=O)N4CCCCC4)cc3)ccnc12. The Morgan fingerprint density at radius 1 is 1.00 bits per heavy atom. The number of carbonyl (C=O) groups excluding carboxylic acids is 1. The Morgan fingerprint density at radius 2 is 1.72 bits per heavy atom. The summed E-state index contributed by atoms with van der Waals surface area (Å²) in [5.74, 6) is -0.291. The van der Waals surface area contributed by atoms with Gasteiger partial charge in [-0.1, -0.05) is 24.6 Å². The van der Waals surface area contributed by atoms with E-state index >= 15 is 0 Å². The number of aromatic nitrogens is 1. The van der Waals surface area contributed by atoms with Crippen LogP contribution < -0.4 is 5.32 Å². The molecular formula is C22H23N3O3S. The van der Waals surface area contributed by atoms with Crippen LogP contribution in [0, 0.1) is 6.92 Å². The van der Waals surface area contributed by atoms with Gasteiger partial charge in [-0.25, -0.2) is 8.42 Å². The van der Waals surface area contributed by atoms with E-state index in [4.69, 9.17) is 0 Å². The maximum Gasteiger partial charge on any atom is 0.255 e. The minimum atomic E-state index is -3.50. The first-order valence-electron chi connectivity index (χ1n) is 9.73. The molecule has 1 aliphatic rings. The Labute approximate surface area is 170 Å². The highest BCUT2D eigenvalue weighted by Crippen LogP contribution is 2.25. The predicted octanol–water partition coefficient (Wildman–Crippen LogP) is 3.97. The van der Waals surface area contributed by atoms with E-state index in [0.717, 1.165) is 35.7 Å². The van der Waals surface area contributed by atoms with Gasteiger partial charge in [0.2, 0.25) is 10.0 Å². The van der Waals surface area contributed by atoms with Crippen molar-refractivity contribution >= 4 is 32.5 Å². The lowest BCUT2D eigenvalue weighted by molar-refractivity contribution is 0.102. The molecule has 29 heavy (non-hydrogen) atoms. The van der Waals surface area contributed by atoms with Crippen LogP contribution in [0.4, 0.5) is 5.69 Å². The molecule has 0 spiro atoms. The Kier molecular flexibility index (Phi) is 5.34. The van der Waals surface area contributed by atoms with Crippen LogP contribution in [-0.2, 0) is 10.0 Å². The molecule has 0 aliphatic carbocycles. The van der Waals surface area contributed by atoms with Crippen molar-refractivity contribution < 1.29 is 13.2 Å². The quantitative estimate of drug-likeness (QED) is 0.707. The van der Waals surface area contributed by atoms with Gasteiger partial charge in [0.05, 0.1) is 16.1 Å². The third-order valence-electron chi connectivity index (χ3n) is 5.29. The van der Waals surface area contributed by atoms with E-state index in [1.54, 1.807) is 24.4 Å². The summed E-state index contributed by atoms with van der Waals surface area (Å²) in [6.07, 6.45) is 4.51. The monoisotopic (exact) mass is 409 g/mol. The second kappa shape index (κ2) is 7.93. The van der Waals surface area contributed by atoms with Crippen molar-refractivity contribution in [1.29, 1.82) is 0 Å². The summed E-state index contributed by atoms with van der Waals surface area (Å²) in [7, 11) is -3.50. The molecule has 1 amide bonds. The number of rotatable bonds is 4. The zero-order chi connectivity index (χ0) is 20.4. The number of hydrogen-bond donors (Lipinski definition) is 1. The first-order chi connectivity index (χ1) is 14.0. The third kappa shape index (κ3) is 3.88. The summed E-state index contributed by atoms with van der Waals surface area (Å²) in [6, 6.07) is 13.7. The standard InChI is InChI=1S/C22H23N3O3S/c1-16-6-5-7-19-20(12-13-23-21(16)19)24-22(26)17-8-10-18(11-9-17)29(27,28)25-14-3-2-4-15-25/h5-13H,2-4,14-15H2,1H3,(H,23,24,26). The molecule has 4 rings (SSSR count). The lowest BCUT2D eigenvalue weighted by atomic mass is 10.1. The number of amides is 1. The van der Waals surface area contributed by atoms with Gasteiger partial charge in [0.25, 0.3) is 5.91 Å². The maximum absolute atomic E-state index is 12.8. The number of para-hydroxylation sites is 1. The number of aryl methyl sites for hydroxylation is 1. The fourth-order valence-corrected chi connectivity index (χ4v) is 5.18. The van der Waals surface area contributed by atoms with Crippen molar-refractivity contribution in [2.75, 3.05) is 18.4 Å². The van der Waals surface area contributed by atoms with Crippen molar-refractivity contribution in [2.24, 2.45) is 0 Å². The van der Waals surface area contributed by atoms with Crippen LogP contribution in [0.15, 0.2) is 59.6 Å². The number of nitrogens with one attached hydrogen (secondary N) is 1. The Morgan fingerprint density at radius 3 is 2.45 bits per heavy atom. The number of anilines is 1. The summed E-state index contributed by atoms with van der Waals surface area (Å²) in [5, 5.41) is 3.78. The molecule has 1 saturated heterocycles. The highest BCUT2D eigenvalue weighted by Gasteiger charge is 2.26. The van der Waals surface area contributed by atoms with Gasteiger partial charge in [0, 0.05) is 30.2 Å². The number of hydrogen-bond acceptors (Lipinski definition) is 4. The fourth-order valence-electron chi connectivity index (χ4n) is 3.66. The maximum atomic E-state index is 12.8. The van der Waals surface area contributed by atoms with Crippen LogP contribution in [0.1, 0.15) is 35.2 Å². The lowest BCUT2D eigenvalue weighted by Crippen LogP contribution is -2.35. The molecule has 1 aromatic heterocycles. The summed E-state index contributed by atoms with van der Waals surface area (Å²) < 4.78 is 27.0. The number of piperidine rings is 1. The van der Waals surface area contributed by atoms with Crippen LogP contribution in [0.5, 0.6) is 0 Å². The summed E-state index contributed by atoms with van der Waals surface area (Å²) >= 11 is 0. The number of sulfonamides is 1.